The van der Waals surface area contributed by atoms with E-state index in [1.54, 1.807) is 41.3 Å². The molecule has 1 aromatic heterocycles. The smallest absolute Gasteiger partial charge is 0.259 e. The third-order valence-electron chi connectivity index (χ3n) is 6.34. The van der Waals surface area contributed by atoms with Gasteiger partial charge in [-0.25, -0.2) is 13.4 Å². The van der Waals surface area contributed by atoms with E-state index in [1.807, 2.05) is 18.2 Å². The highest BCUT2D eigenvalue weighted by molar-refractivity contribution is 7.92. The quantitative estimate of drug-likeness (QED) is 0.311. The molecule has 10 nitrogen and oxygen atoms in total. The fourth-order valence-electron chi connectivity index (χ4n) is 4.62. The average molecular weight is 570 g/mol. The maximum absolute atomic E-state index is 13.5. The number of hydrogen-bond donors (Lipinski definition) is 3. The van der Waals surface area contributed by atoms with Gasteiger partial charge in [0.25, 0.3) is 11.8 Å². The van der Waals surface area contributed by atoms with Crippen molar-refractivity contribution in [3.05, 3.63) is 77.4 Å². The number of fused-ring (bicyclic) bond motifs is 2. The van der Waals surface area contributed by atoms with Crippen LogP contribution in [-0.2, 0) is 16.4 Å². The second kappa shape index (κ2) is 11.3. The first-order chi connectivity index (χ1) is 18.2. The first kappa shape index (κ1) is 27.9. The number of imidazole rings is 1. The Morgan fingerprint density at radius 1 is 1.05 bits per heavy atom. The fraction of sp³-hybridized carbons (Fsp3) is 0.222. The zero-order valence-corrected chi connectivity index (χ0v) is 23.0. The molecular formula is C27H28ClN5O5S. The minimum absolute atomic E-state index is 0. The largest absolute Gasteiger partial charge is 0.496 e. The van der Waals surface area contributed by atoms with E-state index in [0.29, 0.717) is 28.8 Å². The van der Waals surface area contributed by atoms with E-state index in [2.05, 4.69) is 26.1 Å². The molecule has 0 spiro atoms. The number of methoxy groups -OCH3 is 1. The summed E-state index contributed by atoms with van der Waals surface area (Å²) < 4.78 is 30.9. The molecule has 2 heterocycles. The molecule has 0 fully saturated rings. The number of ether oxygens (including phenoxy) is 1. The summed E-state index contributed by atoms with van der Waals surface area (Å²) in [6.45, 7) is 0.615. The number of nitrogens with zero attached hydrogens (tertiary/aromatic N) is 2. The van der Waals surface area contributed by atoms with Crippen LogP contribution in [0.1, 0.15) is 39.1 Å². The summed E-state index contributed by atoms with van der Waals surface area (Å²) in [5.74, 6) is -0.323. The van der Waals surface area contributed by atoms with Crippen LogP contribution in [0, 0.1) is 0 Å². The Bertz CT molecular complexity index is 1650. The number of carbonyl (C=O) groups is 2. The van der Waals surface area contributed by atoms with Gasteiger partial charge in [-0.1, -0.05) is 24.3 Å². The van der Waals surface area contributed by atoms with Crippen LogP contribution < -0.4 is 19.7 Å². The maximum atomic E-state index is 13.5. The van der Waals surface area contributed by atoms with Gasteiger partial charge in [-0.05, 0) is 61.2 Å². The second-order valence-corrected chi connectivity index (χ2v) is 10.8. The number of hydrogen-bond acceptors (Lipinski definition) is 6. The van der Waals surface area contributed by atoms with Gasteiger partial charge in [-0.3, -0.25) is 14.3 Å². The summed E-state index contributed by atoms with van der Waals surface area (Å²) in [5.41, 5.74) is 4.02. The van der Waals surface area contributed by atoms with Gasteiger partial charge < -0.3 is 19.9 Å². The number of aromatic amines is 1. The van der Waals surface area contributed by atoms with Gasteiger partial charge in [0.1, 0.15) is 11.3 Å². The molecule has 204 valence electrons. The predicted octanol–water partition coefficient (Wildman–Crippen LogP) is 4.60. The van der Waals surface area contributed by atoms with Crippen LogP contribution in [0.15, 0.2) is 60.7 Å². The van der Waals surface area contributed by atoms with Gasteiger partial charge in [0.15, 0.2) is 0 Å². The minimum Gasteiger partial charge on any atom is -0.496 e. The summed E-state index contributed by atoms with van der Waals surface area (Å²) in [6, 6.07) is 17.8. The van der Waals surface area contributed by atoms with Crippen molar-refractivity contribution in [1.29, 1.82) is 0 Å². The number of amides is 2. The molecule has 1 aliphatic rings. The molecule has 5 rings (SSSR count). The van der Waals surface area contributed by atoms with Gasteiger partial charge in [-0.15, -0.1) is 12.4 Å². The molecule has 4 aromatic rings. The van der Waals surface area contributed by atoms with Crippen molar-refractivity contribution in [3.63, 3.8) is 0 Å². The summed E-state index contributed by atoms with van der Waals surface area (Å²) >= 11 is 0. The van der Waals surface area contributed by atoms with Crippen LogP contribution in [0.5, 0.6) is 5.75 Å². The Hall–Kier alpha value is -4.09. The Balaban J connectivity index is 0.00000353. The topological polar surface area (TPSA) is 133 Å². The van der Waals surface area contributed by atoms with Gasteiger partial charge in [-0.2, -0.15) is 0 Å². The number of anilines is 3. The molecular weight excluding hydrogens is 542 g/mol. The first-order valence-electron chi connectivity index (χ1n) is 12.1. The number of benzene rings is 3. The molecule has 0 aliphatic carbocycles. The molecule has 0 saturated carbocycles. The zero-order valence-electron chi connectivity index (χ0n) is 21.4. The minimum atomic E-state index is -3.53. The standard InChI is InChI=1S/C27H27N5O5S.ClH/c1-37-23-16-18(26(34)32-15-6-5-9-17-8-3-4-12-22(17)32)13-14-19(23)25(33)28-20-10-7-11-21-24(20)30-27(29-21)31-38(2,35)36;/h3-4,7-8,10-14,16H,5-6,9,15H2,1-2H3,(H,28,33)(H2,29,30,31);1H. The highest BCUT2D eigenvalue weighted by atomic mass is 35.5. The monoisotopic (exact) mass is 569 g/mol. The van der Waals surface area contributed by atoms with Crippen molar-refractivity contribution in [2.24, 2.45) is 0 Å². The Kier molecular flexibility index (Phi) is 8.12. The van der Waals surface area contributed by atoms with Crippen LogP contribution in [0.4, 0.5) is 17.3 Å². The first-order valence-corrected chi connectivity index (χ1v) is 14.0. The van der Waals surface area contributed by atoms with Gasteiger partial charge in [0, 0.05) is 17.8 Å². The van der Waals surface area contributed by atoms with Crippen molar-refractivity contribution in [3.8, 4) is 5.75 Å². The van der Waals surface area contributed by atoms with Crippen molar-refractivity contribution < 1.29 is 22.7 Å². The van der Waals surface area contributed by atoms with E-state index in [1.165, 1.54) is 7.11 Å². The van der Waals surface area contributed by atoms with Crippen molar-refractivity contribution in [2.45, 2.75) is 19.3 Å². The van der Waals surface area contributed by atoms with Crippen molar-refractivity contribution in [2.75, 3.05) is 34.8 Å². The van der Waals surface area contributed by atoms with Crippen molar-refractivity contribution in [1.82, 2.24) is 9.97 Å². The predicted molar refractivity (Wildman–Crippen MR) is 154 cm³/mol. The molecule has 0 bridgehead atoms. The summed E-state index contributed by atoms with van der Waals surface area (Å²) in [7, 11) is -2.09. The van der Waals surface area contributed by atoms with E-state index in [0.717, 1.165) is 36.8 Å². The molecule has 0 radical (unpaired) electrons. The third kappa shape index (κ3) is 5.99. The van der Waals surface area contributed by atoms with E-state index < -0.39 is 15.9 Å². The molecule has 12 heteroatoms. The lowest BCUT2D eigenvalue weighted by Crippen LogP contribution is -2.31. The number of para-hydroxylation sites is 2. The highest BCUT2D eigenvalue weighted by Crippen LogP contribution is 2.30. The molecule has 3 aromatic carbocycles. The van der Waals surface area contributed by atoms with E-state index in [-0.39, 0.29) is 35.6 Å². The molecule has 39 heavy (non-hydrogen) atoms. The van der Waals surface area contributed by atoms with E-state index in [9.17, 15) is 18.0 Å². The molecule has 1 aliphatic heterocycles. The third-order valence-corrected chi connectivity index (χ3v) is 6.91. The Labute approximate surface area is 232 Å². The molecule has 0 atom stereocenters. The second-order valence-electron chi connectivity index (χ2n) is 9.07. The number of H-pyrrole nitrogens is 1. The zero-order chi connectivity index (χ0) is 26.9. The Morgan fingerprint density at radius 3 is 2.62 bits per heavy atom. The lowest BCUT2D eigenvalue weighted by atomic mass is 10.1. The number of aryl methyl sites for hydroxylation is 1. The summed E-state index contributed by atoms with van der Waals surface area (Å²) in [5, 5.41) is 2.81. The van der Waals surface area contributed by atoms with Crippen LogP contribution in [-0.4, -0.2) is 50.1 Å². The van der Waals surface area contributed by atoms with Gasteiger partial charge in [0.2, 0.25) is 16.0 Å². The maximum Gasteiger partial charge on any atom is 0.259 e. The lowest BCUT2D eigenvalue weighted by Gasteiger charge is -2.23. The number of sulfonamides is 1. The SMILES string of the molecule is COc1cc(C(=O)N2CCCCc3ccccc32)ccc1C(=O)Nc1cccc2[nH]c(NS(C)(=O)=O)nc12.Cl. The summed E-state index contributed by atoms with van der Waals surface area (Å²) in [4.78, 5) is 35.7. The number of rotatable bonds is 6. The van der Waals surface area contributed by atoms with E-state index in [4.69, 9.17) is 4.74 Å². The normalized spacial score (nSPS) is 13.1. The van der Waals surface area contributed by atoms with Gasteiger partial charge >= 0.3 is 0 Å². The van der Waals surface area contributed by atoms with Crippen molar-refractivity contribution >= 4 is 62.6 Å². The average Bonchev–Trinajstić information content (AvgIpc) is 3.17. The summed E-state index contributed by atoms with van der Waals surface area (Å²) in [6.07, 6.45) is 3.86. The number of halogens is 1. The molecule has 0 unspecified atom stereocenters. The Morgan fingerprint density at radius 2 is 1.85 bits per heavy atom. The number of nitrogens with one attached hydrogen (secondary N) is 3. The number of aromatic nitrogens is 2. The molecule has 0 saturated heterocycles. The number of carbonyl (C=O) groups excluding carboxylic acids is 2. The molecule has 2 amide bonds. The van der Waals surface area contributed by atoms with Gasteiger partial charge in [0.05, 0.1) is 30.1 Å². The highest BCUT2D eigenvalue weighted by Gasteiger charge is 2.24. The lowest BCUT2D eigenvalue weighted by molar-refractivity contribution is 0.0982. The van der Waals surface area contributed by atoms with Crippen LogP contribution in [0.2, 0.25) is 0 Å². The fourth-order valence-corrected chi connectivity index (χ4v) is 5.06. The van der Waals surface area contributed by atoms with Crippen LogP contribution in [0.25, 0.3) is 11.0 Å². The van der Waals surface area contributed by atoms with E-state index >= 15 is 0 Å². The van der Waals surface area contributed by atoms with Crippen LogP contribution in [0.3, 0.4) is 0 Å². The molecule has 3 N–H and O–H groups in total. The van der Waals surface area contributed by atoms with Crippen LogP contribution >= 0.6 is 12.4 Å².